The molecule has 1 nitrogen and oxygen atoms in total. The van der Waals surface area contributed by atoms with Crippen LogP contribution in [0.15, 0.2) is 29.6 Å². The van der Waals surface area contributed by atoms with Crippen molar-refractivity contribution in [1.82, 2.24) is 0 Å². The third-order valence-electron chi connectivity index (χ3n) is 5.00. The SMILES string of the molecule is OC1(Cc2csc3ccccc23)CC2CCC1C2. The average Bonchev–Trinajstić information content (AvgIpc) is 3.04. The minimum Gasteiger partial charge on any atom is -0.389 e. The zero-order valence-electron chi connectivity index (χ0n) is 10.4. The lowest BCUT2D eigenvalue weighted by Crippen LogP contribution is -2.37. The van der Waals surface area contributed by atoms with Crippen molar-refractivity contribution in [3.05, 3.63) is 35.2 Å². The third kappa shape index (κ3) is 1.55. The second-order valence-corrected chi connectivity index (χ2v) is 7.03. The van der Waals surface area contributed by atoms with Crippen LogP contribution < -0.4 is 0 Å². The Bertz CT molecular complexity index is 588. The Labute approximate surface area is 111 Å². The maximum Gasteiger partial charge on any atom is 0.0719 e. The van der Waals surface area contributed by atoms with Crippen LogP contribution in [0.1, 0.15) is 31.2 Å². The molecule has 3 unspecified atom stereocenters. The minimum absolute atomic E-state index is 0.410. The highest BCUT2D eigenvalue weighted by molar-refractivity contribution is 7.17. The molecule has 2 saturated carbocycles. The van der Waals surface area contributed by atoms with Gasteiger partial charge in [-0.2, -0.15) is 0 Å². The Kier molecular flexibility index (Phi) is 2.33. The first-order chi connectivity index (χ1) is 8.74. The Morgan fingerprint density at radius 3 is 2.94 bits per heavy atom. The molecular formula is C16H18OS. The Hall–Kier alpha value is -0.860. The summed E-state index contributed by atoms with van der Waals surface area (Å²) in [4.78, 5) is 0. The highest BCUT2D eigenvalue weighted by atomic mass is 32.1. The lowest BCUT2D eigenvalue weighted by Gasteiger charge is -2.32. The van der Waals surface area contributed by atoms with Crippen molar-refractivity contribution in [2.24, 2.45) is 11.8 Å². The number of hydrogen-bond acceptors (Lipinski definition) is 2. The van der Waals surface area contributed by atoms with Crippen LogP contribution >= 0.6 is 11.3 Å². The smallest absolute Gasteiger partial charge is 0.0719 e. The molecule has 2 aliphatic rings. The van der Waals surface area contributed by atoms with Crippen molar-refractivity contribution >= 4 is 21.4 Å². The maximum absolute atomic E-state index is 10.9. The molecule has 3 atom stereocenters. The van der Waals surface area contributed by atoms with E-state index in [1.165, 1.54) is 34.9 Å². The zero-order valence-corrected chi connectivity index (χ0v) is 11.2. The van der Waals surface area contributed by atoms with E-state index in [0.717, 1.165) is 18.8 Å². The Morgan fingerprint density at radius 1 is 1.28 bits per heavy atom. The van der Waals surface area contributed by atoms with E-state index >= 15 is 0 Å². The van der Waals surface area contributed by atoms with Gasteiger partial charge in [0.05, 0.1) is 5.60 Å². The maximum atomic E-state index is 10.9. The van der Waals surface area contributed by atoms with Crippen molar-refractivity contribution in [2.75, 3.05) is 0 Å². The molecule has 2 bridgehead atoms. The topological polar surface area (TPSA) is 20.2 Å². The third-order valence-corrected chi connectivity index (χ3v) is 6.01. The van der Waals surface area contributed by atoms with Gasteiger partial charge in [-0.3, -0.25) is 0 Å². The van der Waals surface area contributed by atoms with E-state index in [9.17, 15) is 5.11 Å². The van der Waals surface area contributed by atoms with E-state index in [4.69, 9.17) is 0 Å². The van der Waals surface area contributed by atoms with Crippen molar-refractivity contribution in [1.29, 1.82) is 0 Å². The molecule has 1 N–H and O–H groups in total. The van der Waals surface area contributed by atoms with Crippen molar-refractivity contribution < 1.29 is 5.11 Å². The summed E-state index contributed by atoms with van der Waals surface area (Å²) in [6.45, 7) is 0. The van der Waals surface area contributed by atoms with Gasteiger partial charge < -0.3 is 5.11 Å². The predicted molar refractivity (Wildman–Crippen MR) is 75.9 cm³/mol. The number of hydrogen-bond donors (Lipinski definition) is 1. The summed E-state index contributed by atoms with van der Waals surface area (Å²) in [7, 11) is 0. The summed E-state index contributed by atoms with van der Waals surface area (Å²) in [6, 6.07) is 8.56. The summed E-state index contributed by atoms with van der Waals surface area (Å²) in [5.74, 6) is 1.35. The lowest BCUT2D eigenvalue weighted by atomic mass is 9.80. The van der Waals surface area contributed by atoms with Gasteiger partial charge in [0.2, 0.25) is 0 Å². The largest absolute Gasteiger partial charge is 0.389 e. The summed E-state index contributed by atoms with van der Waals surface area (Å²) in [5, 5.41) is 14.5. The molecule has 4 rings (SSSR count). The van der Waals surface area contributed by atoms with E-state index in [1.807, 2.05) is 0 Å². The minimum atomic E-state index is -0.410. The molecule has 0 amide bonds. The first-order valence-corrected chi connectivity index (χ1v) is 7.80. The van der Waals surface area contributed by atoms with Gasteiger partial charge in [0.1, 0.15) is 0 Å². The van der Waals surface area contributed by atoms with Crippen LogP contribution in [0.2, 0.25) is 0 Å². The quantitative estimate of drug-likeness (QED) is 0.863. The summed E-state index contributed by atoms with van der Waals surface area (Å²) < 4.78 is 1.35. The number of fused-ring (bicyclic) bond motifs is 3. The van der Waals surface area contributed by atoms with Gasteiger partial charge in [-0.1, -0.05) is 18.2 Å². The van der Waals surface area contributed by atoms with Crippen LogP contribution in [0.4, 0.5) is 0 Å². The fraction of sp³-hybridized carbons (Fsp3) is 0.500. The molecule has 0 radical (unpaired) electrons. The predicted octanol–water partition coefficient (Wildman–Crippen LogP) is 3.99. The molecule has 2 heteroatoms. The molecule has 2 aliphatic carbocycles. The summed E-state index contributed by atoms with van der Waals surface area (Å²) in [6.07, 6.45) is 5.74. The van der Waals surface area contributed by atoms with E-state index in [0.29, 0.717) is 5.92 Å². The fourth-order valence-corrected chi connectivity index (χ4v) is 5.09. The van der Waals surface area contributed by atoms with E-state index in [-0.39, 0.29) is 0 Å². The molecule has 2 aromatic rings. The normalized spacial score (nSPS) is 34.5. The number of rotatable bonds is 2. The van der Waals surface area contributed by atoms with Gasteiger partial charge in [0.15, 0.2) is 0 Å². The number of benzene rings is 1. The summed E-state index contributed by atoms with van der Waals surface area (Å²) >= 11 is 1.80. The molecule has 1 heterocycles. The Morgan fingerprint density at radius 2 is 2.17 bits per heavy atom. The zero-order chi connectivity index (χ0) is 12.2. The van der Waals surface area contributed by atoms with Gasteiger partial charge in [-0.15, -0.1) is 11.3 Å². The second kappa shape index (κ2) is 3.82. The van der Waals surface area contributed by atoms with Gasteiger partial charge >= 0.3 is 0 Å². The highest BCUT2D eigenvalue weighted by Crippen LogP contribution is 2.52. The van der Waals surface area contributed by atoms with Crippen molar-refractivity contribution in [3.8, 4) is 0 Å². The van der Waals surface area contributed by atoms with E-state index in [1.54, 1.807) is 11.3 Å². The van der Waals surface area contributed by atoms with Crippen LogP contribution in [0.3, 0.4) is 0 Å². The van der Waals surface area contributed by atoms with E-state index < -0.39 is 5.60 Å². The van der Waals surface area contributed by atoms with Crippen molar-refractivity contribution in [2.45, 2.75) is 37.7 Å². The number of aliphatic hydroxyl groups is 1. The first kappa shape index (κ1) is 11.0. The van der Waals surface area contributed by atoms with Gasteiger partial charge in [0, 0.05) is 11.1 Å². The van der Waals surface area contributed by atoms with Crippen LogP contribution in [0.25, 0.3) is 10.1 Å². The Balaban J connectivity index is 1.68. The summed E-state index contributed by atoms with van der Waals surface area (Å²) in [5.41, 5.74) is 0.942. The molecule has 0 saturated heterocycles. The molecular weight excluding hydrogens is 240 g/mol. The first-order valence-electron chi connectivity index (χ1n) is 6.92. The van der Waals surface area contributed by atoms with Crippen molar-refractivity contribution in [3.63, 3.8) is 0 Å². The molecule has 0 spiro atoms. The van der Waals surface area contributed by atoms with Gasteiger partial charge in [-0.05, 0) is 59.9 Å². The number of thiophene rings is 1. The van der Waals surface area contributed by atoms with Crippen LogP contribution in [-0.4, -0.2) is 10.7 Å². The fourth-order valence-electron chi connectivity index (χ4n) is 4.13. The molecule has 18 heavy (non-hydrogen) atoms. The van der Waals surface area contributed by atoms with Crippen LogP contribution in [0, 0.1) is 11.8 Å². The van der Waals surface area contributed by atoms with E-state index in [2.05, 4.69) is 29.6 Å². The van der Waals surface area contributed by atoms with Crippen LogP contribution in [-0.2, 0) is 6.42 Å². The molecule has 94 valence electrons. The highest BCUT2D eigenvalue weighted by Gasteiger charge is 2.49. The molecule has 1 aromatic heterocycles. The van der Waals surface area contributed by atoms with Gasteiger partial charge in [-0.25, -0.2) is 0 Å². The van der Waals surface area contributed by atoms with Gasteiger partial charge in [0.25, 0.3) is 0 Å². The monoisotopic (exact) mass is 258 g/mol. The lowest BCUT2D eigenvalue weighted by molar-refractivity contribution is -0.0121. The van der Waals surface area contributed by atoms with Crippen LogP contribution in [0.5, 0.6) is 0 Å². The molecule has 0 aliphatic heterocycles. The standard InChI is InChI=1S/C16H18OS/c17-16(8-11-5-6-13(16)7-11)9-12-10-18-15-4-2-1-3-14(12)15/h1-4,10-11,13,17H,5-9H2. The molecule has 2 fully saturated rings. The molecule has 1 aromatic carbocycles. The second-order valence-electron chi connectivity index (χ2n) is 6.12. The average molecular weight is 258 g/mol.